The third-order valence-electron chi connectivity index (χ3n) is 11.1. The number of amides is 4. The fourth-order valence-electron chi connectivity index (χ4n) is 7.90. The molecule has 1 saturated heterocycles. The molecular weight excluding hydrogens is 887 g/mol. The van der Waals surface area contributed by atoms with Gasteiger partial charge in [-0.15, -0.1) is 23.1 Å². The standard InChI is InChI=1S/C44H55N13O7S2/c1-7-29-37(66-26(4)47-29)41(61)51-43-48-30-21-27(38(45)58)23-33(64-19-11-12-53-15-17-54(18-16-53)44(62)63-5)35(30)55(43)13-9-10-14-56-36-31(22-28(39(46)59)24-34(36)65-6)49-42(56)50-40(60)32-20-25(3)52-57(32)8-2/h9-10,20-24,39,59H,7-8,11-19,46H2,1-6H3,(H2,45,58)(H,48,51,61)(H,49,50,60)/b10-9+. The summed E-state index contributed by atoms with van der Waals surface area (Å²) in [5.41, 5.74) is 16.3. The Labute approximate surface area is 389 Å². The quantitative estimate of drug-likeness (QED) is 0.0332. The molecular formula is C44H55N13O7S2. The van der Waals surface area contributed by atoms with Gasteiger partial charge in [-0.25, -0.2) is 19.7 Å². The van der Waals surface area contributed by atoms with Crippen LogP contribution in [0.3, 0.4) is 0 Å². The molecule has 1 aliphatic rings. The molecule has 0 spiro atoms. The number of imidazole rings is 2. The van der Waals surface area contributed by atoms with Crippen molar-refractivity contribution >= 4 is 80.9 Å². The van der Waals surface area contributed by atoms with Crippen LogP contribution in [0.2, 0.25) is 0 Å². The average Bonchev–Trinajstić information content (AvgIpc) is 4.07. The SMILES string of the molecule is CCc1nc(C)sc1C(=O)Nc1nc2cc(C(N)=O)cc(OCCCN3CCN(C(=O)OC)CC3)c2n1C/C=C/Cn1c(NC(=O)c2cc(C)nn2CC)nc2cc(C(N)O)cc(SC)c21. The number of methoxy groups -OCH3 is 1. The van der Waals surface area contributed by atoms with Crippen LogP contribution in [-0.2, 0) is 30.8 Å². The van der Waals surface area contributed by atoms with Crippen LogP contribution in [0, 0.1) is 13.8 Å². The van der Waals surface area contributed by atoms with Crippen LogP contribution >= 0.6 is 23.1 Å². The van der Waals surface area contributed by atoms with E-state index in [-0.39, 0.29) is 48.5 Å². The number of hydrogen-bond donors (Lipinski definition) is 5. The highest BCUT2D eigenvalue weighted by molar-refractivity contribution is 7.98. The number of nitrogens with two attached hydrogens (primary N) is 2. The molecule has 4 amide bonds. The van der Waals surface area contributed by atoms with Crippen molar-refractivity contribution in [2.24, 2.45) is 11.5 Å². The van der Waals surface area contributed by atoms with Gasteiger partial charge in [0.05, 0.1) is 46.7 Å². The number of nitrogens with one attached hydrogen (secondary N) is 2. The van der Waals surface area contributed by atoms with Crippen molar-refractivity contribution < 1.29 is 33.8 Å². The van der Waals surface area contributed by atoms with Gasteiger partial charge in [-0.05, 0) is 75.8 Å². The van der Waals surface area contributed by atoms with Crippen LogP contribution in [0.4, 0.5) is 16.7 Å². The van der Waals surface area contributed by atoms with Crippen LogP contribution < -0.4 is 26.8 Å². The summed E-state index contributed by atoms with van der Waals surface area (Å²) in [5, 5.41) is 21.5. The van der Waals surface area contributed by atoms with Crippen LogP contribution in [0.25, 0.3) is 22.1 Å². The van der Waals surface area contributed by atoms with E-state index in [1.165, 1.54) is 30.2 Å². The van der Waals surface area contributed by atoms with E-state index >= 15 is 0 Å². The highest BCUT2D eigenvalue weighted by Gasteiger charge is 2.25. The van der Waals surface area contributed by atoms with Crippen molar-refractivity contribution in [2.45, 2.75) is 71.3 Å². The number of carbonyl (C=O) groups is 4. The molecule has 1 aliphatic heterocycles. The number of fused-ring (bicyclic) bond motifs is 2. The second kappa shape index (κ2) is 20.9. The zero-order chi connectivity index (χ0) is 47.2. The van der Waals surface area contributed by atoms with Gasteiger partial charge in [-0.3, -0.25) is 34.6 Å². The lowest BCUT2D eigenvalue weighted by Crippen LogP contribution is -2.48. The van der Waals surface area contributed by atoms with Gasteiger partial charge >= 0.3 is 6.09 Å². The van der Waals surface area contributed by atoms with E-state index in [2.05, 4.69) is 25.6 Å². The fraction of sp³-hybridized carbons (Fsp3) is 0.409. The molecule has 7 rings (SSSR count). The normalized spacial score (nSPS) is 13.8. The lowest BCUT2D eigenvalue weighted by atomic mass is 10.1. The first-order valence-corrected chi connectivity index (χ1v) is 23.6. The van der Waals surface area contributed by atoms with Gasteiger partial charge < -0.3 is 40.1 Å². The lowest BCUT2D eigenvalue weighted by Gasteiger charge is -2.33. The van der Waals surface area contributed by atoms with E-state index in [4.69, 9.17) is 30.9 Å². The van der Waals surface area contributed by atoms with Crippen molar-refractivity contribution in [2.75, 3.05) is 63.3 Å². The molecule has 1 fully saturated rings. The molecule has 7 N–H and O–H groups in total. The number of rotatable bonds is 18. The smallest absolute Gasteiger partial charge is 0.409 e. The van der Waals surface area contributed by atoms with Crippen molar-refractivity contribution in [3.05, 3.63) is 80.6 Å². The predicted molar refractivity (Wildman–Crippen MR) is 253 cm³/mol. The Morgan fingerprint density at radius 3 is 2.21 bits per heavy atom. The topological polar surface area (TPSA) is 256 Å². The summed E-state index contributed by atoms with van der Waals surface area (Å²) < 4.78 is 16.6. The molecule has 0 aliphatic carbocycles. The largest absolute Gasteiger partial charge is 0.491 e. The number of anilines is 2. The number of aryl methyl sites for hydroxylation is 4. The number of aromatic nitrogens is 7. The molecule has 1 atom stereocenters. The minimum atomic E-state index is -1.23. The van der Waals surface area contributed by atoms with Gasteiger partial charge in [-0.2, -0.15) is 5.10 Å². The number of nitrogens with zero attached hydrogens (tertiary/aromatic N) is 9. The molecule has 6 aromatic rings. The third kappa shape index (κ3) is 10.4. The van der Waals surface area contributed by atoms with Crippen LogP contribution in [0.5, 0.6) is 5.75 Å². The Hall–Kier alpha value is -6.33. The Morgan fingerprint density at radius 1 is 0.924 bits per heavy atom. The number of aliphatic hydroxyl groups excluding tert-OH is 1. The van der Waals surface area contributed by atoms with E-state index in [0.29, 0.717) is 109 Å². The van der Waals surface area contributed by atoms with Crippen molar-refractivity contribution in [3.63, 3.8) is 0 Å². The Kier molecular flexibility index (Phi) is 15.1. The molecule has 2 aromatic carbocycles. The van der Waals surface area contributed by atoms with E-state index in [0.717, 1.165) is 15.4 Å². The molecule has 4 aromatic heterocycles. The Balaban J connectivity index is 1.22. The summed E-state index contributed by atoms with van der Waals surface area (Å²) in [7, 11) is 1.38. The minimum absolute atomic E-state index is 0.188. The minimum Gasteiger partial charge on any atom is -0.491 e. The second-order valence-corrected chi connectivity index (χ2v) is 17.6. The molecule has 350 valence electrons. The molecule has 1 unspecified atom stereocenters. The predicted octanol–water partition coefficient (Wildman–Crippen LogP) is 4.92. The zero-order valence-corrected chi connectivity index (χ0v) is 39.4. The number of carbonyl (C=O) groups excluding carboxylic acids is 4. The second-order valence-electron chi connectivity index (χ2n) is 15.6. The van der Waals surface area contributed by atoms with Gasteiger partial charge in [-0.1, -0.05) is 19.1 Å². The number of benzene rings is 2. The summed E-state index contributed by atoms with van der Waals surface area (Å²) in [4.78, 5) is 71.6. The molecule has 0 radical (unpaired) electrons. The maximum atomic E-state index is 13.9. The number of thioether (sulfide) groups is 1. The lowest BCUT2D eigenvalue weighted by molar-refractivity contribution is 0.0891. The van der Waals surface area contributed by atoms with Crippen molar-refractivity contribution in [1.29, 1.82) is 0 Å². The summed E-state index contributed by atoms with van der Waals surface area (Å²) in [6.45, 7) is 12.0. The number of aliphatic hydroxyl groups is 1. The first-order chi connectivity index (χ1) is 31.7. The van der Waals surface area contributed by atoms with Crippen molar-refractivity contribution in [3.8, 4) is 5.75 Å². The average molecular weight is 942 g/mol. The van der Waals surface area contributed by atoms with E-state index < -0.39 is 12.1 Å². The molecule has 22 heteroatoms. The van der Waals surface area contributed by atoms with Gasteiger partial charge in [0.15, 0.2) is 0 Å². The van der Waals surface area contributed by atoms with Crippen LogP contribution in [0.1, 0.15) is 79.0 Å². The highest BCUT2D eigenvalue weighted by atomic mass is 32.2. The molecule has 0 bridgehead atoms. The van der Waals surface area contributed by atoms with E-state index in [9.17, 15) is 24.3 Å². The van der Waals surface area contributed by atoms with Crippen LogP contribution in [0.15, 0.2) is 47.4 Å². The summed E-state index contributed by atoms with van der Waals surface area (Å²) in [6, 6.07) is 8.38. The summed E-state index contributed by atoms with van der Waals surface area (Å²) in [5.74, 6) is -0.591. The number of primary amides is 1. The zero-order valence-electron chi connectivity index (χ0n) is 37.8. The summed E-state index contributed by atoms with van der Waals surface area (Å²) >= 11 is 2.74. The van der Waals surface area contributed by atoms with Gasteiger partial charge in [0.2, 0.25) is 17.8 Å². The first kappa shape index (κ1) is 47.6. The Morgan fingerprint density at radius 2 is 1.59 bits per heavy atom. The molecule has 20 nitrogen and oxygen atoms in total. The van der Waals surface area contributed by atoms with Crippen LogP contribution in [-0.4, -0.2) is 125 Å². The van der Waals surface area contributed by atoms with Gasteiger partial charge in [0.1, 0.15) is 28.1 Å². The Bertz CT molecular complexity index is 2800. The summed E-state index contributed by atoms with van der Waals surface area (Å²) in [6.07, 6.45) is 5.34. The number of allylic oxidation sites excluding steroid dienone is 2. The van der Waals surface area contributed by atoms with E-state index in [1.54, 1.807) is 44.5 Å². The number of piperazine rings is 1. The third-order valence-corrected chi connectivity index (χ3v) is 12.9. The molecule has 66 heavy (non-hydrogen) atoms. The maximum Gasteiger partial charge on any atom is 0.409 e. The van der Waals surface area contributed by atoms with E-state index in [1.807, 2.05) is 50.7 Å². The van der Waals surface area contributed by atoms with Gasteiger partial charge in [0.25, 0.3) is 11.8 Å². The monoisotopic (exact) mass is 941 g/mol. The first-order valence-electron chi connectivity index (χ1n) is 21.6. The number of hydrogen-bond acceptors (Lipinski definition) is 15. The highest BCUT2D eigenvalue weighted by Crippen LogP contribution is 2.34. The molecule has 0 saturated carbocycles. The number of ether oxygens (including phenoxy) is 2. The fourth-order valence-corrected chi connectivity index (χ4v) is 9.46. The maximum absolute atomic E-state index is 13.9. The van der Waals surface area contributed by atoms with Crippen molar-refractivity contribution in [1.82, 2.24) is 43.7 Å². The molecule has 5 heterocycles. The van der Waals surface area contributed by atoms with Gasteiger partial charge in [0, 0.05) is 62.8 Å². The number of thiazole rings is 1.